The van der Waals surface area contributed by atoms with Crippen LogP contribution in [0.4, 0.5) is 0 Å². The molecule has 0 saturated carbocycles. The molecule has 0 spiro atoms. The van der Waals surface area contributed by atoms with Gasteiger partial charge in [0.2, 0.25) is 0 Å². The molecule has 1 unspecified atom stereocenters. The predicted octanol–water partition coefficient (Wildman–Crippen LogP) is 4.08. The average Bonchev–Trinajstić information content (AvgIpc) is 2.74. The SMILES string of the molecule is CN=C(NCc1cccc(C)n1)NCC(Cc1ccccc1)c1ccccc1. The lowest BCUT2D eigenvalue weighted by Gasteiger charge is -2.20. The highest BCUT2D eigenvalue weighted by atomic mass is 15.2. The normalized spacial score (nSPS) is 12.4. The van der Waals surface area contributed by atoms with E-state index in [0.29, 0.717) is 12.5 Å². The first-order valence-electron chi connectivity index (χ1n) is 9.70. The number of hydrogen-bond acceptors (Lipinski definition) is 2. The molecule has 0 bridgehead atoms. The van der Waals surface area contributed by atoms with E-state index in [4.69, 9.17) is 0 Å². The molecule has 2 aromatic carbocycles. The van der Waals surface area contributed by atoms with Gasteiger partial charge in [-0.05, 0) is 36.6 Å². The van der Waals surface area contributed by atoms with Crippen LogP contribution >= 0.6 is 0 Å². The Balaban J connectivity index is 1.62. The number of benzene rings is 2. The van der Waals surface area contributed by atoms with Crippen LogP contribution in [0.15, 0.2) is 83.9 Å². The summed E-state index contributed by atoms with van der Waals surface area (Å²) >= 11 is 0. The quantitative estimate of drug-likeness (QED) is 0.485. The molecule has 3 rings (SSSR count). The number of nitrogens with zero attached hydrogens (tertiary/aromatic N) is 2. The molecule has 3 aromatic rings. The van der Waals surface area contributed by atoms with Gasteiger partial charge >= 0.3 is 0 Å². The van der Waals surface area contributed by atoms with Gasteiger partial charge in [-0.3, -0.25) is 9.98 Å². The van der Waals surface area contributed by atoms with Gasteiger partial charge in [0, 0.05) is 25.2 Å². The maximum absolute atomic E-state index is 4.53. The minimum absolute atomic E-state index is 0.360. The first kappa shape index (κ1) is 19.6. The van der Waals surface area contributed by atoms with Crippen molar-refractivity contribution in [3.05, 3.63) is 101 Å². The summed E-state index contributed by atoms with van der Waals surface area (Å²) in [6, 6.07) is 27.3. The summed E-state index contributed by atoms with van der Waals surface area (Å²) in [6.07, 6.45) is 0.980. The summed E-state index contributed by atoms with van der Waals surface area (Å²) in [5.74, 6) is 1.15. The average molecular weight is 373 g/mol. The third-order valence-corrected chi connectivity index (χ3v) is 4.72. The summed E-state index contributed by atoms with van der Waals surface area (Å²) in [4.78, 5) is 8.90. The minimum atomic E-state index is 0.360. The fraction of sp³-hybridized carbons (Fsp3) is 0.250. The summed E-state index contributed by atoms with van der Waals surface area (Å²) in [5.41, 5.74) is 4.70. The van der Waals surface area contributed by atoms with E-state index in [9.17, 15) is 0 Å². The van der Waals surface area contributed by atoms with E-state index in [1.54, 1.807) is 7.05 Å². The van der Waals surface area contributed by atoms with Crippen molar-refractivity contribution in [1.82, 2.24) is 15.6 Å². The number of guanidine groups is 1. The van der Waals surface area contributed by atoms with Gasteiger partial charge in [-0.15, -0.1) is 0 Å². The number of nitrogens with one attached hydrogen (secondary N) is 2. The van der Waals surface area contributed by atoms with Gasteiger partial charge in [0.05, 0.1) is 12.2 Å². The van der Waals surface area contributed by atoms with Crippen LogP contribution in [0.5, 0.6) is 0 Å². The number of rotatable bonds is 7. The molecule has 0 aliphatic carbocycles. The van der Waals surface area contributed by atoms with Crippen molar-refractivity contribution in [3.8, 4) is 0 Å². The molecule has 4 heteroatoms. The van der Waals surface area contributed by atoms with Crippen LogP contribution in [0.25, 0.3) is 0 Å². The van der Waals surface area contributed by atoms with Crippen molar-refractivity contribution in [2.45, 2.75) is 25.8 Å². The molecule has 0 radical (unpaired) electrons. The highest BCUT2D eigenvalue weighted by Crippen LogP contribution is 2.20. The molecule has 0 fully saturated rings. The zero-order chi connectivity index (χ0) is 19.6. The number of hydrogen-bond donors (Lipinski definition) is 2. The molecule has 4 nitrogen and oxygen atoms in total. The lowest BCUT2D eigenvalue weighted by molar-refractivity contribution is 0.644. The molecule has 1 atom stereocenters. The summed E-state index contributed by atoms with van der Waals surface area (Å²) in [6.45, 7) is 3.46. The molecule has 144 valence electrons. The topological polar surface area (TPSA) is 49.3 Å². The summed E-state index contributed by atoms with van der Waals surface area (Å²) < 4.78 is 0. The van der Waals surface area contributed by atoms with Crippen LogP contribution in [-0.4, -0.2) is 24.5 Å². The largest absolute Gasteiger partial charge is 0.356 e. The smallest absolute Gasteiger partial charge is 0.191 e. The van der Waals surface area contributed by atoms with Crippen molar-refractivity contribution in [3.63, 3.8) is 0 Å². The van der Waals surface area contributed by atoms with Gasteiger partial charge in [0.1, 0.15) is 0 Å². The molecule has 0 saturated heterocycles. The van der Waals surface area contributed by atoms with E-state index in [1.165, 1.54) is 11.1 Å². The van der Waals surface area contributed by atoms with E-state index in [2.05, 4.69) is 81.3 Å². The maximum atomic E-state index is 4.53. The van der Waals surface area contributed by atoms with Crippen LogP contribution < -0.4 is 10.6 Å². The Hall–Kier alpha value is -3.14. The number of pyridine rings is 1. The fourth-order valence-electron chi connectivity index (χ4n) is 3.24. The lowest BCUT2D eigenvalue weighted by atomic mass is 9.92. The first-order chi connectivity index (χ1) is 13.7. The van der Waals surface area contributed by atoms with Crippen LogP contribution in [-0.2, 0) is 13.0 Å². The molecule has 0 amide bonds. The zero-order valence-electron chi connectivity index (χ0n) is 16.6. The van der Waals surface area contributed by atoms with Crippen molar-refractivity contribution in [1.29, 1.82) is 0 Å². The summed E-state index contributed by atoms with van der Waals surface area (Å²) in [7, 11) is 1.80. The second kappa shape index (κ2) is 10.3. The molecule has 28 heavy (non-hydrogen) atoms. The lowest BCUT2D eigenvalue weighted by Crippen LogP contribution is -2.39. The Morgan fingerprint density at radius 3 is 2.29 bits per heavy atom. The van der Waals surface area contributed by atoms with Crippen LogP contribution in [0.3, 0.4) is 0 Å². The Labute approximate surface area is 167 Å². The Kier molecular flexibility index (Phi) is 7.19. The van der Waals surface area contributed by atoms with Gasteiger partial charge in [-0.1, -0.05) is 66.7 Å². The molecular formula is C24H28N4. The first-order valence-corrected chi connectivity index (χ1v) is 9.70. The third kappa shape index (κ3) is 5.95. The standard InChI is InChI=1S/C24H28N4/c1-19-10-9-15-23(28-19)18-27-24(25-2)26-17-22(21-13-7-4-8-14-21)16-20-11-5-3-6-12-20/h3-15,22H,16-18H2,1-2H3,(H2,25,26,27). The fourth-order valence-corrected chi connectivity index (χ4v) is 3.24. The number of aromatic nitrogens is 1. The maximum Gasteiger partial charge on any atom is 0.191 e. The Morgan fingerprint density at radius 2 is 1.61 bits per heavy atom. The molecular weight excluding hydrogens is 344 g/mol. The minimum Gasteiger partial charge on any atom is -0.356 e. The molecule has 0 aliphatic rings. The van der Waals surface area contributed by atoms with E-state index in [-0.39, 0.29) is 0 Å². The summed E-state index contributed by atoms with van der Waals surface area (Å²) in [5, 5.41) is 6.84. The van der Waals surface area contributed by atoms with Crippen LogP contribution in [0, 0.1) is 6.92 Å². The predicted molar refractivity (Wildman–Crippen MR) is 117 cm³/mol. The molecule has 1 heterocycles. The second-order valence-electron chi connectivity index (χ2n) is 6.87. The van der Waals surface area contributed by atoms with Crippen LogP contribution in [0.1, 0.15) is 28.4 Å². The zero-order valence-corrected chi connectivity index (χ0v) is 16.6. The molecule has 0 aliphatic heterocycles. The van der Waals surface area contributed by atoms with E-state index >= 15 is 0 Å². The second-order valence-corrected chi connectivity index (χ2v) is 6.87. The number of aliphatic imine (C=N–C) groups is 1. The molecule has 2 N–H and O–H groups in total. The van der Waals surface area contributed by atoms with E-state index in [1.807, 2.05) is 25.1 Å². The van der Waals surface area contributed by atoms with Gasteiger partial charge < -0.3 is 10.6 Å². The molecule has 1 aromatic heterocycles. The highest BCUT2D eigenvalue weighted by molar-refractivity contribution is 5.79. The van der Waals surface area contributed by atoms with Crippen molar-refractivity contribution in [2.75, 3.05) is 13.6 Å². The van der Waals surface area contributed by atoms with Gasteiger partial charge in [-0.2, -0.15) is 0 Å². The third-order valence-electron chi connectivity index (χ3n) is 4.72. The van der Waals surface area contributed by atoms with Gasteiger partial charge in [-0.25, -0.2) is 0 Å². The monoisotopic (exact) mass is 372 g/mol. The van der Waals surface area contributed by atoms with Crippen molar-refractivity contribution in [2.24, 2.45) is 4.99 Å². The van der Waals surface area contributed by atoms with Crippen LogP contribution in [0.2, 0.25) is 0 Å². The van der Waals surface area contributed by atoms with Gasteiger partial charge in [0.25, 0.3) is 0 Å². The van der Waals surface area contributed by atoms with Crippen molar-refractivity contribution < 1.29 is 0 Å². The highest BCUT2D eigenvalue weighted by Gasteiger charge is 2.13. The van der Waals surface area contributed by atoms with Gasteiger partial charge in [0.15, 0.2) is 5.96 Å². The van der Waals surface area contributed by atoms with Crippen molar-refractivity contribution >= 4 is 5.96 Å². The number of aryl methyl sites for hydroxylation is 1. The Morgan fingerprint density at radius 1 is 0.893 bits per heavy atom. The Bertz CT molecular complexity index is 875. The van der Waals surface area contributed by atoms with E-state index < -0.39 is 0 Å². The van der Waals surface area contributed by atoms with E-state index in [0.717, 1.165) is 30.3 Å².